The van der Waals surface area contributed by atoms with Gasteiger partial charge in [-0.1, -0.05) is 24.3 Å². The first-order chi connectivity index (χ1) is 22.8. The average Bonchev–Trinajstić information content (AvgIpc) is 3.85. The fourth-order valence-corrected chi connectivity index (χ4v) is 17.8. The zero-order valence-electron chi connectivity index (χ0n) is 25.0. The van der Waals surface area contributed by atoms with Crippen LogP contribution in [0.1, 0.15) is 24.0 Å². The van der Waals surface area contributed by atoms with Crippen LogP contribution in [0.2, 0.25) is 0 Å². The molecule has 3 aromatic heterocycles. The maximum absolute atomic E-state index is 6.53. The third kappa shape index (κ3) is 3.63. The molecule has 3 aliphatic rings. The van der Waals surface area contributed by atoms with Gasteiger partial charge in [0.25, 0.3) is 0 Å². The van der Waals surface area contributed by atoms with Crippen molar-refractivity contribution in [3.8, 4) is 23.0 Å². The van der Waals surface area contributed by atoms with E-state index >= 15 is 0 Å². The summed E-state index contributed by atoms with van der Waals surface area (Å²) < 4.78 is 15.1. The Kier molecular flexibility index (Phi) is 5.51. The van der Waals surface area contributed by atoms with Crippen molar-refractivity contribution >= 4 is 55.6 Å². The van der Waals surface area contributed by atoms with E-state index < -0.39 is 13.3 Å². The van der Waals surface area contributed by atoms with E-state index in [0.717, 1.165) is 46.9 Å². The number of nitrogens with zero attached hydrogens (tertiary/aromatic N) is 4. The van der Waals surface area contributed by atoms with E-state index in [9.17, 15) is 0 Å². The van der Waals surface area contributed by atoms with Gasteiger partial charge in [0, 0.05) is 6.20 Å². The molecule has 0 bridgehead atoms. The van der Waals surface area contributed by atoms with Crippen LogP contribution in [-0.2, 0) is 0 Å². The molecule has 0 fully saturated rings. The van der Waals surface area contributed by atoms with E-state index in [-0.39, 0.29) is 0 Å². The standard InChI is InChI=1S/C40H28GeN4O/c1-4-15-35-31(12-1)32-13-2-5-16-36(32)41(35)22-21-27-26-44(43-40(27)41)28-10-9-11-29(24-28)46-30-19-20-34-33-14-3-6-17-37(33)45(38(34)25-30)39-18-7-8-23-42-39/h1,3-12,14-26H,2,13H2. The molecule has 1 aliphatic carbocycles. The number of fused-ring (bicyclic) bond motifs is 9. The summed E-state index contributed by atoms with van der Waals surface area (Å²) in [6, 6.07) is 38.1. The van der Waals surface area contributed by atoms with Crippen molar-refractivity contribution in [1.29, 1.82) is 0 Å². The summed E-state index contributed by atoms with van der Waals surface area (Å²) in [5.74, 6) is 2.43. The van der Waals surface area contributed by atoms with Gasteiger partial charge in [-0.25, -0.2) is 4.98 Å². The van der Waals surface area contributed by atoms with Gasteiger partial charge in [0.2, 0.25) is 0 Å². The third-order valence-corrected chi connectivity index (χ3v) is 19.0. The fourth-order valence-electron chi connectivity index (χ4n) is 7.80. The summed E-state index contributed by atoms with van der Waals surface area (Å²) in [6.07, 6.45) is 13.3. The second-order valence-electron chi connectivity index (χ2n) is 12.2. The van der Waals surface area contributed by atoms with E-state index in [1.165, 1.54) is 30.8 Å². The SMILES string of the molecule is C1=C[C]2=C(CC1)c1cccc[c]1[Ge]21[CH]=Cc2cn(-c3cccc(Oc4ccc5c6ccccc6n(-c6ccccn6)c5c4)c3)n[c]21. The molecule has 0 saturated carbocycles. The first-order valence-corrected chi connectivity index (χ1v) is 20.2. The molecule has 4 aromatic carbocycles. The molecule has 0 radical (unpaired) electrons. The monoisotopic (exact) mass is 654 g/mol. The van der Waals surface area contributed by atoms with E-state index in [0.29, 0.717) is 0 Å². The Morgan fingerprint density at radius 2 is 1.61 bits per heavy atom. The molecule has 1 spiro atoms. The molecule has 1 unspecified atom stereocenters. The predicted octanol–water partition coefficient (Wildman–Crippen LogP) is 7.94. The number of aromatic nitrogens is 4. The minimum atomic E-state index is -2.98. The molecular weight excluding hydrogens is 625 g/mol. The Morgan fingerprint density at radius 1 is 0.739 bits per heavy atom. The molecular formula is C40H28GeN4O. The number of benzene rings is 4. The number of hydrogen-bond acceptors (Lipinski definition) is 3. The van der Waals surface area contributed by atoms with Gasteiger partial charge in [0.15, 0.2) is 0 Å². The van der Waals surface area contributed by atoms with Crippen LogP contribution in [0.4, 0.5) is 0 Å². The molecule has 6 heteroatoms. The summed E-state index contributed by atoms with van der Waals surface area (Å²) >= 11 is -2.98. The molecule has 5 nitrogen and oxygen atoms in total. The first-order valence-electron chi connectivity index (χ1n) is 15.8. The second-order valence-corrected chi connectivity index (χ2v) is 19.6. The summed E-state index contributed by atoms with van der Waals surface area (Å²) in [4.78, 5) is 7.21. The average molecular weight is 653 g/mol. The topological polar surface area (TPSA) is 44.9 Å². The summed E-state index contributed by atoms with van der Waals surface area (Å²) in [5, 5.41) is 7.71. The van der Waals surface area contributed by atoms with Crippen molar-refractivity contribution in [3.63, 3.8) is 0 Å². The van der Waals surface area contributed by atoms with Crippen molar-refractivity contribution < 1.29 is 4.74 Å². The van der Waals surface area contributed by atoms with Crippen LogP contribution in [0.3, 0.4) is 0 Å². The van der Waals surface area contributed by atoms with Crippen LogP contribution in [0.15, 0.2) is 143 Å². The second kappa shape index (κ2) is 9.80. The van der Waals surface area contributed by atoms with Gasteiger partial charge in [0.05, 0.1) is 0 Å². The number of pyridine rings is 1. The Morgan fingerprint density at radius 3 is 2.57 bits per heavy atom. The van der Waals surface area contributed by atoms with Gasteiger partial charge < -0.3 is 0 Å². The van der Waals surface area contributed by atoms with Crippen LogP contribution in [0, 0.1) is 0 Å². The normalized spacial score (nSPS) is 17.7. The molecule has 0 N–H and O–H groups in total. The Hall–Kier alpha value is -5.40. The van der Waals surface area contributed by atoms with Crippen LogP contribution in [-0.4, -0.2) is 32.6 Å². The molecule has 0 amide bonds. The number of ether oxygens (including phenoxy) is 1. The zero-order chi connectivity index (χ0) is 30.2. The first kappa shape index (κ1) is 25.9. The molecule has 218 valence electrons. The van der Waals surface area contributed by atoms with Gasteiger partial charge in [-0.05, 0) is 18.2 Å². The number of allylic oxidation sites excluding steroid dienone is 4. The fraction of sp³-hybridized carbons (Fsp3) is 0.0500. The molecule has 0 saturated heterocycles. The van der Waals surface area contributed by atoms with Crippen molar-refractivity contribution in [2.24, 2.45) is 0 Å². The summed E-state index contributed by atoms with van der Waals surface area (Å²) in [7, 11) is 0. The van der Waals surface area contributed by atoms with Crippen molar-refractivity contribution in [1.82, 2.24) is 19.3 Å². The maximum atomic E-state index is 6.53. The Labute approximate surface area is 268 Å². The van der Waals surface area contributed by atoms with E-state index in [1.807, 2.05) is 41.2 Å². The van der Waals surface area contributed by atoms with E-state index in [2.05, 4.69) is 118 Å². The van der Waals surface area contributed by atoms with Gasteiger partial charge >= 0.3 is 216 Å². The molecule has 1 atom stereocenters. The Bertz CT molecular complexity index is 2470. The number of para-hydroxylation sites is 1. The quantitative estimate of drug-likeness (QED) is 0.181. The van der Waals surface area contributed by atoms with Crippen LogP contribution in [0.25, 0.3) is 45.0 Å². The van der Waals surface area contributed by atoms with Crippen LogP contribution >= 0.6 is 0 Å². The van der Waals surface area contributed by atoms with Crippen molar-refractivity contribution in [3.05, 3.63) is 154 Å². The summed E-state index contributed by atoms with van der Waals surface area (Å²) in [5.41, 5.74) is 7.39. The van der Waals surface area contributed by atoms with Crippen LogP contribution < -0.4 is 13.7 Å². The number of rotatable bonds is 4. The molecule has 46 heavy (non-hydrogen) atoms. The van der Waals surface area contributed by atoms with Gasteiger partial charge in [-0.3, -0.25) is 0 Å². The van der Waals surface area contributed by atoms with Crippen molar-refractivity contribution in [2.75, 3.05) is 0 Å². The molecule has 10 rings (SSSR count). The number of hydrogen-bond donors (Lipinski definition) is 0. The zero-order valence-corrected chi connectivity index (χ0v) is 27.1. The molecule has 5 heterocycles. The van der Waals surface area contributed by atoms with Gasteiger partial charge in [0.1, 0.15) is 0 Å². The third-order valence-electron chi connectivity index (χ3n) is 9.74. The minimum absolute atomic E-state index is 0.770. The van der Waals surface area contributed by atoms with Crippen LogP contribution in [0.5, 0.6) is 11.5 Å². The van der Waals surface area contributed by atoms with Crippen molar-refractivity contribution in [2.45, 2.75) is 12.8 Å². The predicted molar refractivity (Wildman–Crippen MR) is 188 cm³/mol. The Balaban J connectivity index is 1.03. The van der Waals surface area contributed by atoms with E-state index in [1.54, 1.807) is 9.98 Å². The van der Waals surface area contributed by atoms with Gasteiger partial charge in [-0.15, -0.1) is 0 Å². The van der Waals surface area contributed by atoms with E-state index in [4.69, 9.17) is 9.84 Å². The van der Waals surface area contributed by atoms with Gasteiger partial charge in [-0.2, -0.15) is 0 Å². The molecule has 7 aromatic rings. The molecule has 2 aliphatic heterocycles. The summed E-state index contributed by atoms with van der Waals surface area (Å²) in [6.45, 7) is 0.